The molecule has 2 aromatic heterocycles. The van der Waals surface area contributed by atoms with Gasteiger partial charge in [-0.05, 0) is 0 Å². The number of nitrogens with two attached hydrogens (primary N) is 1. The van der Waals surface area contributed by atoms with Crippen LogP contribution in [0.15, 0.2) is 31.9 Å². The molecule has 4 N–H and O–H groups in total. The Hall–Kier alpha value is -2.09. The van der Waals surface area contributed by atoms with Crippen LogP contribution in [-0.2, 0) is 20.8 Å². The van der Waals surface area contributed by atoms with Gasteiger partial charge in [-0.2, -0.15) is 0 Å². The number of nitrogens with one attached hydrogen (secondary N) is 1. The van der Waals surface area contributed by atoms with E-state index >= 15 is 0 Å². The summed E-state index contributed by atoms with van der Waals surface area (Å²) in [5.74, 6) is -1.53. The van der Waals surface area contributed by atoms with Gasteiger partial charge < -0.3 is 16.2 Å². The van der Waals surface area contributed by atoms with E-state index in [0.29, 0.717) is 25.8 Å². The average Bonchev–Trinajstić information content (AvgIpc) is 3.30. The number of anilines is 1. The Morgan fingerprint density at radius 2 is 2.25 bits per heavy atom. The molecule has 2 atom stereocenters. The summed E-state index contributed by atoms with van der Waals surface area (Å²) in [5, 5.41) is 15.8. The van der Waals surface area contributed by atoms with Crippen LogP contribution in [0.4, 0.5) is 5.13 Å². The molecule has 146 valence electrons. The van der Waals surface area contributed by atoms with Crippen molar-refractivity contribution in [2.45, 2.75) is 22.2 Å². The van der Waals surface area contributed by atoms with Crippen LogP contribution in [0.1, 0.15) is 5.69 Å². The number of aromatic nitrogens is 2. The standard InChI is InChI=1S/C15H13N5O4S4/c16-14-18-6(4-27-14)3-8(21)19-9-11(22)20-10(13(23)24)7(5-26-12(9)20)28-15-17-1-2-25-15/h1-2,4,9,12H,3,5H2,(H2,16,18)(H,19,21)(H,23,24)/t9-,12-/m1/s1. The number of fused-ring (bicyclic) bond motifs is 1. The van der Waals surface area contributed by atoms with Gasteiger partial charge in [-0.1, -0.05) is 11.8 Å². The normalized spacial score (nSPS) is 21.3. The van der Waals surface area contributed by atoms with E-state index in [0.717, 1.165) is 0 Å². The minimum absolute atomic E-state index is 0.0155. The molecule has 0 radical (unpaired) electrons. The van der Waals surface area contributed by atoms with Gasteiger partial charge in [0.2, 0.25) is 5.91 Å². The lowest BCUT2D eigenvalue weighted by Gasteiger charge is -2.49. The fraction of sp³-hybridized carbons (Fsp3) is 0.267. The van der Waals surface area contributed by atoms with Crippen LogP contribution in [0.2, 0.25) is 0 Å². The Morgan fingerprint density at radius 1 is 1.43 bits per heavy atom. The molecular weight excluding hydrogens is 442 g/mol. The number of thioether (sulfide) groups is 2. The van der Waals surface area contributed by atoms with Gasteiger partial charge in [0.1, 0.15) is 17.1 Å². The predicted octanol–water partition coefficient (Wildman–Crippen LogP) is 1.21. The molecule has 9 nitrogen and oxygen atoms in total. The Kier molecular flexibility index (Phi) is 5.31. The SMILES string of the molecule is Nc1nc(CC(=O)N[C@@H]2C(=O)N3C(C(=O)O)=C(Sc4nccs4)CS[C@H]23)cs1. The molecule has 13 heteroatoms. The van der Waals surface area contributed by atoms with Crippen LogP contribution in [0, 0.1) is 0 Å². The van der Waals surface area contributed by atoms with E-state index < -0.39 is 23.3 Å². The van der Waals surface area contributed by atoms with Crippen molar-refractivity contribution in [3.8, 4) is 0 Å². The number of carboxylic acids is 1. The maximum absolute atomic E-state index is 12.6. The van der Waals surface area contributed by atoms with Crippen molar-refractivity contribution in [3.63, 3.8) is 0 Å². The van der Waals surface area contributed by atoms with Crippen LogP contribution in [0.5, 0.6) is 0 Å². The number of carboxylic acid groups (broad SMARTS) is 1. The molecule has 4 heterocycles. The summed E-state index contributed by atoms with van der Waals surface area (Å²) in [6.45, 7) is 0. The fourth-order valence-corrected chi connectivity index (χ4v) is 6.65. The number of nitrogens with zero attached hydrogens (tertiary/aromatic N) is 3. The fourth-order valence-electron chi connectivity index (χ4n) is 2.83. The summed E-state index contributed by atoms with van der Waals surface area (Å²) in [7, 11) is 0. The third-order valence-electron chi connectivity index (χ3n) is 3.98. The first kappa shape index (κ1) is 19.2. The summed E-state index contributed by atoms with van der Waals surface area (Å²) in [6, 6.07) is -0.755. The lowest BCUT2D eigenvalue weighted by atomic mass is 10.0. The van der Waals surface area contributed by atoms with E-state index in [1.165, 1.54) is 51.1 Å². The zero-order chi connectivity index (χ0) is 19.8. The molecule has 2 aliphatic rings. The smallest absolute Gasteiger partial charge is 0.353 e. The summed E-state index contributed by atoms with van der Waals surface area (Å²) in [6.07, 6.45) is 1.66. The Bertz CT molecular complexity index is 973. The van der Waals surface area contributed by atoms with Crippen molar-refractivity contribution in [2.75, 3.05) is 11.5 Å². The molecule has 1 fully saturated rings. The minimum atomic E-state index is -1.17. The average molecular weight is 456 g/mol. The molecule has 0 aromatic carbocycles. The monoisotopic (exact) mass is 455 g/mol. The highest BCUT2D eigenvalue weighted by molar-refractivity contribution is 8.07. The van der Waals surface area contributed by atoms with Gasteiger partial charge in [-0.15, -0.1) is 34.4 Å². The number of nitrogen functional groups attached to an aromatic ring is 1. The molecule has 2 aromatic rings. The zero-order valence-electron chi connectivity index (χ0n) is 14.0. The van der Waals surface area contributed by atoms with Crippen molar-refractivity contribution in [2.24, 2.45) is 0 Å². The highest BCUT2D eigenvalue weighted by Crippen LogP contribution is 2.45. The molecule has 2 aliphatic heterocycles. The first-order valence-electron chi connectivity index (χ1n) is 7.91. The van der Waals surface area contributed by atoms with Gasteiger partial charge >= 0.3 is 5.97 Å². The van der Waals surface area contributed by atoms with Crippen molar-refractivity contribution in [3.05, 3.63) is 33.3 Å². The number of β-lactam (4-membered cyclic amide) rings is 1. The van der Waals surface area contributed by atoms with E-state index in [1.807, 2.05) is 0 Å². The van der Waals surface area contributed by atoms with Crippen LogP contribution in [0.3, 0.4) is 0 Å². The Morgan fingerprint density at radius 3 is 2.89 bits per heavy atom. The quantitative estimate of drug-likeness (QED) is 0.549. The van der Waals surface area contributed by atoms with Crippen molar-refractivity contribution >= 4 is 69.1 Å². The second-order valence-corrected chi connectivity index (χ2v) is 10.0. The maximum Gasteiger partial charge on any atom is 0.353 e. The predicted molar refractivity (Wildman–Crippen MR) is 108 cm³/mol. The Labute approximate surface area is 175 Å². The summed E-state index contributed by atoms with van der Waals surface area (Å²) < 4.78 is 0.716. The number of hydrogen-bond acceptors (Lipinski definition) is 10. The second kappa shape index (κ2) is 7.73. The number of amides is 2. The number of thiazole rings is 2. The molecule has 1 saturated heterocycles. The molecular formula is C15H13N5O4S4. The third-order valence-corrected chi connectivity index (χ3v) is 8.14. The third kappa shape index (κ3) is 3.62. The van der Waals surface area contributed by atoms with Crippen molar-refractivity contribution in [1.29, 1.82) is 0 Å². The topological polar surface area (TPSA) is 139 Å². The summed E-state index contributed by atoms with van der Waals surface area (Å²) in [5.41, 5.74) is 6.05. The zero-order valence-corrected chi connectivity index (χ0v) is 17.3. The van der Waals surface area contributed by atoms with Gasteiger partial charge in [0.15, 0.2) is 9.47 Å². The molecule has 4 rings (SSSR count). The van der Waals surface area contributed by atoms with Crippen molar-refractivity contribution < 1.29 is 19.5 Å². The van der Waals surface area contributed by atoms with Gasteiger partial charge in [0, 0.05) is 27.6 Å². The van der Waals surface area contributed by atoms with Gasteiger partial charge in [0.05, 0.1) is 12.1 Å². The molecule has 0 unspecified atom stereocenters. The van der Waals surface area contributed by atoms with Gasteiger partial charge in [-0.25, -0.2) is 14.8 Å². The highest BCUT2D eigenvalue weighted by Gasteiger charge is 2.54. The van der Waals surface area contributed by atoms with E-state index in [-0.39, 0.29) is 18.0 Å². The van der Waals surface area contributed by atoms with E-state index in [9.17, 15) is 19.5 Å². The molecule has 0 aliphatic carbocycles. The number of carbonyl (C=O) groups excluding carboxylic acids is 2. The molecule has 28 heavy (non-hydrogen) atoms. The second-order valence-electron chi connectivity index (χ2n) is 5.79. The van der Waals surface area contributed by atoms with E-state index in [4.69, 9.17) is 5.73 Å². The summed E-state index contributed by atoms with van der Waals surface area (Å²) >= 11 is 5.32. The first-order valence-corrected chi connectivity index (χ1v) is 11.5. The van der Waals surface area contributed by atoms with Crippen LogP contribution >= 0.6 is 46.2 Å². The van der Waals surface area contributed by atoms with Gasteiger partial charge in [-0.3, -0.25) is 14.5 Å². The van der Waals surface area contributed by atoms with Crippen LogP contribution < -0.4 is 11.1 Å². The lowest BCUT2D eigenvalue weighted by Crippen LogP contribution is -2.70. The highest BCUT2D eigenvalue weighted by atomic mass is 32.2. The number of carbonyl (C=O) groups is 3. The molecule has 0 bridgehead atoms. The maximum atomic E-state index is 12.6. The minimum Gasteiger partial charge on any atom is -0.477 e. The first-order chi connectivity index (χ1) is 13.4. The van der Waals surface area contributed by atoms with Crippen LogP contribution in [0.25, 0.3) is 0 Å². The summed E-state index contributed by atoms with van der Waals surface area (Å²) in [4.78, 5) is 46.6. The largest absolute Gasteiger partial charge is 0.477 e. The molecule has 2 amide bonds. The molecule has 0 spiro atoms. The lowest BCUT2D eigenvalue weighted by molar-refractivity contribution is -0.150. The van der Waals surface area contributed by atoms with E-state index in [2.05, 4.69) is 15.3 Å². The van der Waals surface area contributed by atoms with Gasteiger partial charge in [0.25, 0.3) is 5.91 Å². The molecule has 0 saturated carbocycles. The number of aliphatic carboxylic acids is 1. The Balaban J connectivity index is 1.47. The van der Waals surface area contributed by atoms with Crippen LogP contribution in [-0.4, -0.2) is 54.9 Å². The van der Waals surface area contributed by atoms with Crippen molar-refractivity contribution in [1.82, 2.24) is 20.2 Å². The number of hydrogen-bond donors (Lipinski definition) is 3. The number of rotatable bonds is 6. The van der Waals surface area contributed by atoms with E-state index in [1.54, 1.807) is 17.0 Å².